The molecule has 0 spiro atoms. The number of primary amides is 1. The molecular weight excluding hydrogens is 316 g/mol. The fraction of sp³-hybridized carbons (Fsp3) is 0.438. The zero-order valence-electron chi connectivity index (χ0n) is 12.8. The molecule has 2 atom stereocenters. The molecule has 3 rings (SSSR count). The summed E-state index contributed by atoms with van der Waals surface area (Å²) < 4.78 is 17.8. The van der Waals surface area contributed by atoms with Gasteiger partial charge in [-0.15, -0.1) is 0 Å². The number of hydrogen-bond donors (Lipinski definition) is 1. The van der Waals surface area contributed by atoms with E-state index in [9.17, 15) is 9.00 Å². The topological polar surface area (TPSA) is 91.0 Å². The first-order valence-electron chi connectivity index (χ1n) is 7.56. The predicted octanol–water partition coefficient (Wildman–Crippen LogP) is 0.919. The van der Waals surface area contributed by atoms with Crippen LogP contribution in [0.1, 0.15) is 24.8 Å². The Morgan fingerprint density at radius 2 is 2.00 bits per heavy atom. The number of benzene rings is 1. The number of amides is 1. The van der Waals surface area contributed by atoms with E-state index in [1.807, 2.05) is 0 Å². The number of oxime groups is 1. The minimum atomic E-state index is -2.26. The van der Waals surface area contributed by atoms with Gasteiger partial charge in [-0.25, -0.2) is 0 Å². The number of carbonyl (C=O) groups is 1. The van der Waals surface area contributed by atoms with Crippen LogP contribution in [0.3, 0.4) is 0 Å². The second-order valence-corrected chi connectivity index (χ2v) is 8.44. The van der Waals surface area contributed by atoms with Gasteiger partial charge in [-0.2, -0.15) is 0 Å². The summed E-state index contributed by atoms with van der Waals surface area (Å²) in [5.74, 6) is 3.20. The second-order valence-electron chi connectivity index (χ2n) is 5.85. The van der Waals surface area contributed by atoms with Crippen molar-refractivity contribution in [3.05, 3.63) is 29.8 Å². The molecule has 7 heteroatoms. The van der Waals surface area contributed by atoms with Crippen molar-refractivity contribution < 1.29 is 18.6 Å². The van der Waals surface area contributed by atoms with E-state index < -0.39 is 15.4 Å². The number of ether oxygens (including phenoxy) is 1. The molecule has 1 saturated heterocycles. The lowest BCUT2D eigenvalue weighted by Gasteiger charge is -2.10. The maximum atomic E-state index is 12.6. The average Bonchev–Trinajstić information content (AvgIpc) is 3.27. The maximum Gasteiger partial charge on any atom is 0.271 e. The van der Waals surface area contributed by atoms with Crippen LogP contribution >= 0.6 is 0 Å². The molecule has 1 aliphatic heterocycles. The van der Waals surface area contributed by atoms with Crippen LogP contribution in [-0.4, -0.2) is 46.3 Å². The zero-order chi connectivity index (χ0) is 16.4. The summed E-state index contributed by atoms with van der Waals surface area (Å²) in [5, 5.41) is 4.06. The van der Waals surface area contributed by atoms with E-state index in [2.05, 4.69) is 11.0 Å². The number of hydrogen-bond acceptors (Lipinski definition) is 5. The van der Waals surface area contributed by atoms with E-state index in [4.69, 9.17) is 15.3 Å². The Balaban J connectivity index is 1.79. The fourth-order valence-corrected chi connectivity index (χ4v) is 4.33. The predicted molar refractivity (Wildman–Crippen MR) is 89.0 cm³/mol. The molecule has 1 aromatic rings. The van der Waals surface area contributed by atoms with Crippen LogP contribution in [0.2, 0.25) is 0 Å². The van der Waals surface area contributed by atoms with Gasteiger partial charge in [0, 0.05) is 22.1 Å². The van der Waals surface area contributed by atoms with E-state index in [1.54, 1.807) is 24.3 Å². The van der Waals surface area contributed by atoms with Crippen LogP contribution in [0.4, 0.5) is 0 Å². The van der Waals surface area contributed by atoms with E-state index in [0.717, 1.165) is 19.3 Å². The monoisotopic (exact) mass is 336 g/mol. The molecule has 0 aromatic heterocycles. The minimum Gasteiger partial charge on any atom is -0.389 e. The van der Waals surface area contributed by atoms with Gasteiger partial charge >= 0.3 is 0 Å². The van der Waals surface area contributed by atoms with E-state index in [1.165, 1.54) is 0 Å². The molecule has 2 fully saturated rings. The molecule has 2 aliphatic rings. The Bertz CT molecular complexity index is 715. The third kappa shape index (κ3) is 3.56. The summed E-state index contributed by atoms with van der Waals surface area (Å²) in [6.45, 7) is 1.08. The Morgan fingerprint density at radius 1 is 1.30 bits per heavy atom. The third-order valence-corrected chi connectivity index (χ3v) is 6.62. The van der Waals surface area contributed by atoms with Crippen molar-refractivity contribution >= 4 is 27.0 Å². The van der Waals surface area contributed by atoms with Gasteiger partial charge in [0.05, 0.1) is 13.2 Å². The maximum absolute atomic E-state index is 12.6. The van der Waals surface area contributed by atoms with Gasteiger partial charge in [-0.3, -0.25) is 9.00 Å². The smallest absolute Gasteiger partial charge is 0.271 e. The summed E-state index contributed by atoms with van der Waals surface area (Å²) in [6, 6.07) is 6.81. The molecule has 6 nitrogen and oxygen atoms in total. The molecule has 1 aliphatic carbocycles. The number of nitrogens with zero attached hydrogens (tertiary/aromatic N) is 1. The van der Waals surface area contributed by atoms with E-state index in [-0.39, 0.29) is 17.1 Å². The van der Waals surface area contributed by atoms with Crippen LogP contribution in [0, 0.1) is 0 Å². The molecule has 124 valence electrons. The van der Waals surface area contributed by atoms with Crippen molar-refractivity contribution in [2.24, 2.45) is 10.9 Å². The Morgan fingerprint density at radius 3 is 2.52 bits per heavy atom. The van der Waals surface area contributed by atoms with Gasteiger partial charge in [0.2, 0.25) is 0 Å². The molecule has 23 heavy (non-hydrogen) atoms. The molecule has 1 amide bonds. The number of rotatable bonds is 6. The molecule has 0 radical (unpaired) electrons. The molecule has 2 N–H and O–H groups in total. The third-order valence-electron chi connectivity index (χ3n) is 4.00. The highest BCUT2D eigenvalue weighted by Crippen LogP contribution is 2.33. The summed E-state index contributed by atoms with van der Waals surface area (Å²) in [4.78, 5) is 17.6. The summed E-state index contributed by atoms with van der Waals surface area (Å²) in [5.41, 5.74) is 5.97. The first-order chi connectivity index (χ1) is 11.0. The minimum absolute atomic E-state index is 0.0467. The van der Waals surface area contributed by atoms with Crippen LogP contribution in [0.25, 0.3) is 0 Å². The molecule has 0 bridgehead atoms. The first-order valence-corrected chi connectivity index (χ1v) is 9.35. The summed E-state index contributed by atoms with van der Waals surface area (Å²) in [6.07, 6.45) is 2.49. The van der Waals surface area contributed by atoms with Crippen molar-refractivity contribution in [3.63, 3.8) is 0 Å². The van der Waals surface area contributed by atoms with Crippen molar-refractivity contribution in [2.75, 3.05) is 13.2 Å². The molecule has 1 saturated carbocycles. The highest BCUT2D eigenvalue weighted by Gasteiger charge is 2.31. The highest BCUT2D eigenvalue weighted by molar-refractivity contribution is 8.01. The standard InChI is InChI=1S/C16H20N2O4S/c1-23(20,14-6-7-14)13-4-2-11(3-5-13)15(16(17)19)18-22-12-8-9-21-10-12/h2-5,12,14H,1,6-10H2,(H2,17,19)/b18-15+/t12-,23?/m1/s1. The van der Waals surface area contributed by atoms with Gasteiger partial charge in [0.15, 0.2) is 11.8 Å². The lowest BCUT2D eigenvalue weighted by molar-refractivity contribution is -0.112. The molecule has 1 aromatic carbocycles. The summed E-state index contributed by atoms with van der Waals surface area (Å²) in [7, 11) is -2.26. The fourth-order valence-electron chi connectivity index (χ4n) is 2.45. The van der Waals surface area contributed by atoms with Crippen LogP contribution in [0.15, 0.2) is 34.3 Å². The summed E-state index contributed by atoms with van der Waals surface area (Å²) >= 11 is 0. The Kier molecular flexibility index (Phi) is 4.41. The number of nitrogens with two attached hydrogens (primary N) is 1. The van der Waals surface area contributed by atoms with Crippen molar-refractivity contribution in [1.82, 2.24) is 0 Å². The van der Waals surface area contributed by atoms with E-state index >= 15 is 0 Å². The van der Waals surface area contributed by atoms with Gasteiger partial charge in [-0.05, 0) is 40.4 Å². The van der Waals surface area contributed by atoms with E-state index in [0.29, 0.717) is 23.7 Å². The lowest BCUT2D eigenvalue weighted by atomic mass is 10.1. The van der Waals surface area contributed by atoms with Gasteiger partial charge in [0.1, 0.15) is 0 Å². The molecule has 1 heterocycles. The molecule has 1 unspecified atom stereocenters. The van der Waals surface area contributed by atoms with Crippen LogP contribution in [0.5, 0.6) is 0 Å². The zero-order valence-corrected chi connectivity index (χ0v) is 13.6. The first kappa shape index (κ1) is 16.0. The lowest BCUT2D eigenvalue weighted by Crippen LogP contribution is -2.25. The van der Waals surface area contributed by atoms with Crippen molar-refractivity contribution in [2.45, 2.75) is 35.5 Å². The van der Waals surface area contributed by atoms with Crippen LogP contribution in [-0.2, 0) is 23.9 Å². The normalized spacial score (nSPS) is 24.2. The average molecular weight is 336 g/mol. The largest absolute Gasteiger partial charge is 0.389 e. The highest BCUT2D eigenvalue weighted by atomic mass is 32.2. The molecular formula is C16H20N2O4S. The van der Waals surface area contributed by atoms with Gasteiger partial charge in [0.25, 0.3) is 5.91 Å². The SMILES string of the molecule is C=S(=O)(c1ccc(/C(=N\O[C@@H]2CCOC2)C(N)=O)cc1)C1CC1. The Hall–Kier alpha value is -1.86. The van der Waals surface area contributed by atoms with Crippen LogP contribution < -0.4 is 5.73 Å². The second kappa shape index (κ2) is 6.33. The number of carbonyl (C=O) groups excluding carboxylic acids is 1. The van der Waals surface area contributed by atoms with Gasteiger partial charge in [-0.1, -0.05) is 17.3 Å². The van der Waals surface area contributed by atoms with Crippen molar-refractivity contribution in [1.29, 1.82) is 0 Å². The van der Waals surface area contributed by atoms with Gasteiger partial charge < -0.3 is 15.3 Å². The Labute approximate surface area is 135 Å². The van der Waals surface area contributed by atoms with Crippen molar-refractivity contribution in [3.8, 4) is 0 Å². The quantitative estimate of drug-likeness (QED) is 0.475.